The van der Waals surface area contributed by atoms with E-state index in [4.69, 9.17) is 0 Å². The molecule has 0 atom stereocenters. The summed E-state index contributed by atoms with van der Waals surface area (Å²) in [7, 11) is 1.78. The van der Waals surface area contributed by atoms with Crippen LogP contribution in [0, 0.1) is 12.3 Å². The van der Waals surface area contributed by atoms with E-state index in [-0.39, 0.29) is 5.91 Å². The molecule has 35 heavy (non-hydrogen) atoms. The van der Waals surface area contributed by atoms with E-state index >= 15 is 0 Å². The van der Waals surface area contributed by atoms with Crippen LogP contribution in [0.4, 0.5) is 0 Å². The number of fused-ring (bicyclic) bond motifs is 1. The molecule has 1 amide bonds. The quantitative estimate of drug-likeness (QED) is 0.289. The number of thiophene rings is 1. The molecule has 2 N–H and O–H groups in total. The van der Waals surface area contributed by atoms with Gasteiger partial charge in [0.25, 0.3) is 0 Å². The van der Waals surface area contributed by atoms with Crippen molar-refractivity contribution in [1.82, 2.24) is 10.6 Å². The highest BCUT2D eigenvalue weighted by atomic mass is 32.1. The average Bonchev–Trinajstić information content (AvgIpc) is 3.17. The Morgan fingerprint density at radius 2 is 1.86 bits per heavy atom. The summed E-state index contributed by atoms with van der Waals surface area (Å²) in [4.78, 5) is 27.4. The third-order valence-corrected chi connectivity index (χ3v) is 8.85. The van der Waals surface area contributed by atoms with Crippen LogP contribution < -0.4 is 10.6 Å². The van der Waals surface area contributed by atoms with Crippen molar-refractivity contribution in [3.8, 4) is 0 Å². The van der Waals surface area contributed by atoms with Crippen molar-refractivity contribution < 1.29 is 9.59 Å². The van der Waals surface area contributed by atoms with Crippen molar-refractivity contribution in [1.29, 1.82) is 0 Å². The van der Waals surface area contributed by atoms with E-state index in [1.165, 1.54) is 44.7 Å². The van der Waals surface area contributed by atoms with Crippen LogP contribution in [0.5, 0.6) is 0 Å². The fourth-order valence-corrected chi connectivity index (χ4v) is 6.71. The first-order chi connectivity index (χ1) is 16.7. The van der Waals surface area contributed by atoms with Crippen molar-refractivity contribution in [2.24, 2.45) is 5.41 Å². The van der Waals surface area contributed by atoms with Crippen LogP contribution in [-0.4, -0.2) is 31.8 Å². The second kappa shape index (κ2) is 12.3. The molecule has 1 aliphatic rings. The fourth-order valence-electron chi connectivity index (χ4n) is 5.44. The third-order valence-electron chi connectivity index (χ3n) is 7.39. The van der Waals surface area contributed by atoms with Crippen LogP contribution >= 0.6 is 11.3 Å². The van der Waals surface area contributed by atoms with Gasteiger partial charge in [-0.2, -0.15) is 0 Å². The lowest BCUT2D eigenvalue weighted by atomic mass is 9.74. The molecule has 0 spiro atoms. The number of hydrogen-bond acceptors (Lipinski definition) is 4. The van der Waals surface area contributed by atoms with Gasteiger partial charge in [-0.3, -0.25) is 9.59 Å². The standard InChI is InChI=1S/C30H44N2O2S/c1-7-22-17-21(16-20(3)23(22)10-9-15-32-28(34)19-31-6)11-12-26(33)29-24-13-14-30(4,5)18-25(24)27(8-2)35-29/h16-17,31H,7-15,18-19H2,1-6H3,(H,32,34). The Bertz CT molecular complexity index is 1050. The Morgan fingerprint density at radius 1 is 1.09 bits per heavy atom. The summed E-state index contributed by atoms with van der Waals surface area (Å²) >= 11 is 1.77. The summed E-state index contributed by atoms with van der Waals surface area (Å²) in [5.41, 5.74) is 8.52. The Labute approximate surface area is 216 Å². The summed E-state index contributed by atoms with van der Waals surface area (Å²) in [6.45, 7) is 12.4. The highest BCUT2D eigenvalue weighted by molar-refractivity contribution is 7.14. The van der Waals surface area contributed by atoms with Gasteiger partial charge in [0.15, 0.2) is 5.78 Å². The number of ketones is 1. The maximum absolute atomic E-state index is 13.3. The Balaban J connectivity index is 1.65. The van der Waals surface area contributed by atoms with Gasteiger partial charge in [0.05, 0.1) is 11.4 Å². The zero-order valence-electron chi connectivity index (χ0n) is 22.7. The zero-order chi connectivity index (χ0) is 25.6. The fraction of sp³-hybridized carbons (Fsp3) is 0.600. The molecule has 3 rings (SSSR count). The highest BCUT2D eigenvalue weighted by Gasteiger charge is 2.31. The van der Waals surface area contributed by atoms with Crippen molar-refractivity contribution in [2.75, 3.05) is 20.1 Å². The van der Waals surface area contributed by atoms with Gasteiger partial charge < -0.3 is 10.6 Å². The summed E-state index contributed by atoms with van der Waals surface area (Å²) in [5.74, 6) is 0.365. The minimum Gasteiger partial charge on any atom is -0.355 e. The Morgan fingerprint density at radius 3 is 2.54 bits per heavy atom. The lowest BCUT2D eigenvalue weighted by Crippen LogP contribution is -2.32. The zero-order valence-corrected chi connectivity index (χ0v) is 23.5. The Hall–Kier alpha value is -1.98. The second-order valence-corrected chi connectivity index (χ2v) is 11.9. The SMILES string of the molecule is CCc1cc(CCC(=O)c2sc(CC)c3c2CCC(C)(C)C3)cc(C)c1CCCNC(=O)CNC. The minimum absolute atomic E-state index is 0.0433. The van der Waals surface area contributed by atoms with Gasteiger partial charge in [0, 0.05) is 17.8 Å². The van der Waals surface area contributed by atoms with Crippen LogP contribution in [0.25, 0.3) is 0 Å². The molecule has 1 aromatic carbocycles. The van der Waals surface area contributed by atoms with Gasteiger partial charge >= 0.3 is 0 Å². The number of amides is 1. The normalized spacial score (nSPS) is 14.6. The topological polar surface area (TPSA) is 58.2 Å². The molecule has 0 saturated carbocycles. The lowest BCUT2D eigenvalue weighted by molar-refractivity contribution is -0.120. The minimum atomic E-state index is 0.0433. The van der Waals surface area contributed by atoms with Crippen molar-refractivity contribution in [3.05, 3.63) is 55.3 Å². The number of likely N-dealkylation sites (N-methyl/N-ethyl adjacent to an activating group) is 1. The lowest BCUT2D eigenvalue weighted by Gasteiger charge is -2.30. The largest absolute Gasteiger partial charge is 0.355 e. The number of Topliss-reactive ketones (excluding diaryl/α,β-unsaturated/α-hetero) is 1. The molecule has 1 aromatic heterocycles. The van der Waals surface area contributed by atoms with E-state index in [9.17, 15) is 9.59 Å². The number of aryl methyl sites for hydroxylation is 4. The first-order valence-corrected chi connectivity index (χ1v) is 14.2. The highest BCUT2D eigenvalue weighted by Crippen LogP contribution is 2.42. The van der Waals surface area contributed by atoms with E-state index in [2.05, 4.69) is 57.4 Å². The molecule has 192 valence electrons. The molecular formula is C30H44N2O2S. The molecule has 4 nitrogen and oxygen atoms in total. The van der Waals surface area contributed by atoms with Gasteiger partial charge in [-0.05, 0) is 104 Å². The van der Waals surface area contributed by atoms with Gasteiger partial charge in [-0.15, -0.1) is 11.3 Å². The van der Waals surface area contributed by atoms with E-state index in [0.717, 1.165) is 49.8 Å². The average molecular weight is 497 g/mol. The smallest absolute Gasteiger partial charge is 0.233 e. The summed E-state index contributed by atoms with van der Waals surface area (Å²) in [5, 5.41) is 5.84. The molecule has 2 aromatic rings. The maximum atomic E-state index is 13.3. The van der Waals surface area contributed by atoms with Gasteiger partial charge in [0.2, 0.25) is 5.91 Å². The number of rotatable bonds is 12. The first-order valence-electron chi connectivity index (χ1n) is 13.4. The molecule has 0 saturated heterocycles. The monoisotopic (exact) mass is 496 g/mol. The second-order valence-electron chi connectivity index (χ2n) is 10.8. The Kier molecular flexibility index (Phi) is 9.71. The molecule has 0 fully saturated rings. The van der Waals surface area contributed by atoms with Crippen molar-refractivity contribution in [2.45, 2.75) is 92.4 Å². The van der Waals surface area contributed by atoms with Crippen LogP contribution in [0.1, 0.15) is 94.9 Å². The van der Waals surface area contributed by atoms with Gasteiger partial charge in [0.1, 0.15) is 0 Å². The summed E-state index contributed by atoms with van der Waals surface area (Å²) < 4.78 is 0. The predicted octanol–water partition coefficient (Wildman–Crippen LogP) is 5.78. The van der Waals surface area contributed by atoms with Crippen molar-refractivity contribution >= 4 is 23.0 Å². The number of benzene rings is 1. The van der Waals surface area contributed by atoms with Gasteiger partial charge in [-0.1, -0.05) is 39.8 Å². The van der Waals surface area contributed by atoms with Crippen LogP contribution in [0.3, 0.4) is 0 Å². The molecule has 1 aliphatic carbocycles. The number of carbonyl (C=O) groups excluding carboxylic acids is 2. The maximum Gasteiger partial charge on any atom is 0.233 e. The van der Waals surface area contributed by atoms with E-state index < -0.39 is 0 Å². The number of carbonyl (C=O) groups is 2. The van der Waals surface area contributed by atoms with Gasteiger partial charge in [-0.25, -0.2) is 0 Å². The summed E-state index contributed by atoms with van der Waals surface area (Å²) in [6.07, 6.45) is 8.60. The third kappa shape index (κ3) is 7.04. The molecule has 0 bridgehead atoms. The number of nitrogens with one attached hydrogen (secondary N) is 2. The molecule has 1 heterocycles. The van der Waals surface area contributed by atoms with Crippen LogP contribution in [0.15, 0.2) is 12.1 Å². The predicted molar refractivity (Wildman–Crippen MR) is 148 cm³/mol. The first kappa shape index (κ1) is 27.6. The molecule has 5 heteroatoms. The molecule has 0 radical (unpaired) electrons. The van der Waals surface area contributed by atoms with Crippen LogP contribution in [0.2, 0.25) is 0 Å². The van der Waals surface area contributed by atoms with E-state index in [1.807, 2.05) is 0 Å². The van der Waals surface area contributed by atoms with E-state index in [0.29, 0.717) is 30.7 Å². The molecular weight excluding hydrogens is 452 g/mol. The molecule has 0 unspecified atom stereocenters. The van der Waals surface area contributed by atoms with Crippen LogP contribution in [-0.2, 0) is 43.3 Å². The molecule has 0 aliphatic heterocycles. The van der Waals surface area contributed by atoms with Crippen molar-refractivity contribution in [3.63, 3.8) is 0 Å². The summed E-state index contributed by atoms with van der Waals surface area (Å²) in [6, 6.07) is 4.57. The number of hydrogen-bond donors (Lipinski definition) is 2. The van der Waals surface area contributed by atoms with E-state index in [1.54, 1.807) is 18.4 Å².